The summed E-state index contributed by atoms with van der Waals surface area (Å²) in [6.07, 6.45) is 5.43. The second kappa shape index (κ2) is 4.94. The molecule has 1 atom stereocenters. The van der Waals surface area contributed by atoms with Crippen LogP contribution in [0.5, 0.6) is 0 Å². The molecule has 2 aromatic carbocycles. The Hall–Kier alpha value is -0.820. The Balaban J connectivity index is 2.16. The predicted octanol–water partition coefficient (Wildman–Crippen LogP) is 6.16. The molecule has 0 spiro atoms. The highest BCUT2D eigenvalue weighted by Gasteiger charge is 2.37. The van der Waals surface area contributed by atoms with Crippen molar-refractivity contribution in [3.05, 3.63) is 47.5 Å². The minimum Gasteiger partial charge on any atom is -0.0832 e. The zero-order valence-corrected chi connectivity index (χ0v) is 13.3. The van der Waals surface area contributed by atoms with Crippen molar-refractivity contribution in [3.63, 3.8) is 0 Å². The fourth-order valence-corrected chi connectivity index (χ4v) is 4.59. The molecule has 0 bridgehead atoms. The van der Waals surface area contributed by atoms with E-state index in [9.17, 15) is 0 Å². The maximum absolute atomic E-state index is 4.04. The molecule has 0 nitrogen and oxygen atoms in total. The SMILES string of the molecule is Cc1ccc2ccccc2c1C(Br)C1(C)CCCC1. The third kappa shape index (κ3) is 2.23. The lowest BCUT2D eigenvalue weighted by atomic mass is 9.79. The molecule has 0 N–H and O–H groups in total. The summed E-state index contributed by atoms with van der Waals surface area (Å²) >= 11 is 4.04. The maximum Gasteiger partial charge on any atom is 0.0457 e. The van der Waals surface area contributed by atoms with E-state index in [0.717, 1.165) is 0 Å². The molecule has 2 aromatic rings. The number of hydrogen-bond acceptors (Lipinski definition) is 0. The predicted molar refractivity (Wildman–Crippen MR) is 86.9 cm³/mol. The first-order chi connectivity index (χ1) is 9.12. The highest BCUT2D eigenvalue weighted by atomic mass is 79.9. The Labute approximate surface area is 124 Å². The van der Waals surface area contributed by atoms with Gasteiger partial charge in [0.05, 0.1) is 0 Å². The molecular weight excluding hydrogens is 296 g/mol. The summed E-state index contributed by atoms with van der Waals surface area (Å²) in [5, 5.41) is 2.77. The molecule has 0 heterocycles. The highest BCUT2D eigenvalue weighted by Crippen LogP contribution is 2.53. The molecule has 0 aromatic heterocycles. The van der Waals surface area contributed by atoms with Crippen LogP contribution in [-0.4, -0.2) is 0 Å². The number of benzene rings is 2. The van der Waals surface area contributed by atoms with Gasteiger partial charge in [-0.05, 0) is 47.1 Å². The van der Waals surface area contributed by atoms with E-state index >= 15 is 0 Å². The fourth-order valence-electron chi connectivity index (χ4n) is 3.53. The summed E-state index contributed by atoms with van der Waals surface area (Å²) < 4.78 is 0. The third-order valence-electron chi connectivity index (χ3n) is 4.80. The first-order valence-corrected chi connectivity index (χ1v) is 8.16. The van der Waals surface area contributed by atoms with Gasteiger partial charge in [-0.25, -0.2) is 0 Å². The van der Waals surface area contributed by atoms with Crippen LogP contribution in [0.25, 0.3) is 10.8 Å². The number of hydrogen-bond donors (Lipinski definition) is 0. The van der Waals surface area contributed by atoms with Gasteiger partial charge in [0.25, 0.3) is 0 Å². The Bertz CT molecular complexity index is 594. The molecule has 0 aliphatic heterocycles. The van der Waals surface area contributed by atoms with Crippen LogP contribution in [0, 0.1) is 12.3 Å². The van der Waals surface area contributed by atoms with E-state index in [1.165, 1.54) is 47.6 Å². The lowest BCUT2D eigenvalue weighted by Gasteiger charge is -2.32. The van der Waals surface area contributed by atoms with E-state index in [1.807, 2.05) is 0 Å². The standard InChI is InChI=1S/C18H21Br/c1-13-9-10-14-7-3-4-8-15(14)16(13)17(19)18(2)11-5-6-12-18/h3-4,7-10,17H,5-6,11-12H2,1-2H3. The molecule has 19 heavy (non-hydrogen) atoms. The minimum absolute atomic E-state index is 0.412. The van der Waals surface area contributed by atoms with Crippen molar-refractivity contribution in [2.24, 2.45) is 5.41 Å². The van der Waals surface area contributed by atoms with Gasteiger partial charge in [0, 0.05) is 4.83 Å². The monoisotopic (exact) mass is 316 g/mol. The fraction of sp³-hybridized carbons (Fsp3) is 0.444. The summed E-state index contributed by atoms with van der Waals surface area (Å²) in [6.45, 7) is 4.69. The smallest absolute Gasteiger partial charge is 0.0457 e. The van der Waals surface area contributed by atoms with Crippen LogP contribution in [0.2, 0.25) is 0 Å². The summed E-state index contributed by atoms with van der Waals surface area (Å²) in [6, 6.07) is 13.3. The Morgan fingerprint density at radius 3 is 2.47 bits per heavy atom. The van der Waals surface area contributed by atoms with E-state index in [-0.39, 0.29) is 0 Å². The topological polar surface area (TPSA) is 0 Å². The van der Waals surface area contributed by atoms with Crippen LogP contribution in [0.3, 0.4) is 0 Å². The zero-order chi connectivity index (χ0) is 13.5. The van der Waals surface area contributed by atoms with E-state index in [4.69, 9.17) is 0 Å². The van der Waals surface area contributed by atoms with Gasteiger partial charge in [-0.3, -0.25) is 0 Å². The summed E-state index contributed by atoms with van der Waals surface area (Å²) in [5.41, 5.74) is 3.32. The summed E-state index contributed by atoms with van der Waals surface area (Å²) in [4.78, 5) is 0.466. The lowest BCUT2D eigenvalue weighted by molar-refractivity contribution is 0.332. The molecule has 3 rings (SSSR count). The average molecular weight is 317 g/mol. The van der Waals surface area contributed by atoms with Gasteiger partial charge in [0.15, 0.2) is 0 Å². The maximum atomic E-state index is 4.04. The van der Waals surface area contributed by atoms with E-state index < -0.39 is 0 Å². The first-order valence-electron chi connectivity index (χ1n) is 7.24. The number of rotatable bonds is 2. The average Bonchev–Trinajstić information content (AvgIpc) is 2.86. The minimum atomic E-state index is 0.412. The number of halogens is 1. The van der Waals surface area contributed by atoms with Crippen LogP contribution in [0.4, 0.5) is 0 Å². The molecule has 1 saturated carbocycles. The van der Waals surface area contributed by atoms with Crippen LogP contribution in [0.1, 0.15) is 48.6 Å². The van der Waals surface area contributed by atoms with Gasteiger partial charge < -0.3 is 0 Å². The van der Waals surface area contributed by atoms with E-state index in [1.54, 1.807) is 0 Å². The van der Waals surface area contributed by atoms with Crippen LogP contribution in [-0.2, 0) is 0 Å². The molecule has 1 aliphatic rings. The van der Waals surface area contributed by atoms with E-state index in [2.05, 4.69) is 66.2 Å². The number of alkyl halides is 1. The third-order valence-corrected chi connectivity index (χ3v) is 6.36. The molecular formula is C18H21Br. The van der Waals surface area contributed by atoms with Gasteiger partial charge in [0.1, 0.15) is 0 Å². The van der Waals surface area contributed by atoms with Gasteiger partial charge in [-0.15, -0.1) is 0 Å². The Morgan fingerprint density at radius 1 is 1.05 bits per heavy atom. The number of fused-ring (bicyclic) bond motifs is 1. The van der Waals surface area contributed by atoms with Crippen molar-refractivity contribution in [2.75, 3.05) is 0 Å². The largest absolute Gasteiger partial charge is 0.0832 e. The van der Waals surface area contributed by atoms with Gasteiger partial charge in [-0.2, -0.15) is 0 Å². The highest BCUT2D eigenvalue weighted by molar-refractivity contribution is 9.09. The molecule has 0 amide bonds. The zero-order valence-electron chi connectivity index (χ0n) is 11.7. The molecule has 1 fully saturated rings. The normalized spacial score (nSPS) is 19.7. The molecule has 1 unspecified atom stereocenters. The first kappa shape index (κ1) is 13.2. The van der Waals surface area contributed by atoms with Crippen LogP contribution in [0.15, 0.2) is 36.4 Å². The van der Waals surface area contributed by atoms with Crippen molar-refractivity contribution < 1.29 is 0 Å². The molecule has 100 valence electrons. The summed E-state index contributed by atoms with van der Waals surface area (Å²) in [7, 11) is 0. The second-order valence-electron chi connectivity index (χ2n) is 6.24. The molecule has 0 radical (unpaired) electrons. The van der Waals surface area contributed by atoms with Crippen molar-refractivity contribution in [1.82, 2.24) is 0 Å². The van der Waals surface area contributed by atoms with Gasteiger partial charge in [-0.1, -0.05) is 72.1 Å². The van der Waals surface area contributed by atoms with Crippen LogP contribution >= 0.6 is 15.9 Å². The Morgan fingerprint density at radius 2 is 1.74 bits per heavy atom. The van der Waals surface area contributed by atoms with Crippen molar-refractivity contribution in [1.29, 1.82) is 0 Å². The molecule has 1 heteroatoms. The van der Waals surface area contributed by atoms with Gasteiger partial charge in [0.2, 0.25) is 0 Å². The molecule has 0 saturated heterocycles. The second-order valence-corrected chi connectivity index (χ2v) is 7.16. The van der Waals surface area contributed by atoms with E-state index in [0.29, 0.717) is 10.2 Å². The van der Waals surface area contributed by atoms with Gasteiger partial charge >= 0.3 is 0 Å². The van der Waals surface area contributed by atoms with Crippen LogP contribution < -0.4 is 0 Å². The number of aryl methyl sites for hydroxylation is 1. The molecule has 1 aliphatic carbocycles. The van der Waals surface area contributed by atoms with Crippen molar-refractivity contribution >= 4 is 26.7 Å². The Kier molecular flexibility index (Phi) is 3.42. The van der Waals surface area contributed by atoms with Crippen molar-refractivity contribution in [3.8, 4) is 0 Å². The summed E-state index contributed by atoms with van der Waals surface area (Å²) in [5.74, 6) is 0. The quantitative estimate of drug-likeness (QED) is 0.581. The van der Waals surface area contributed by atoms with Crippen molar-refractivity contribution in [2.45, 2.75) is 44.4 Å². The lowest BCUT2D eigenvalue weighted by Crippen LogP contribution is -2.18.